The molecule has 0 radical (unpaired) electrons. The molecule has 25 heavy (non-hydrogen) atoms. The lowest BCUT2D eigenvalue weighted by Gasteiger charge is -2.26. The summed E-state index contributed by atoms with van der Waals surface area (Å²) in [6, 6.07) is 10.9. The van der Waals surface area contributed by atoms with Gasteiger partial charge in [-0.1, -0.05) is 6.07 Å². The van der Waals surface area contributed by atoms with Gasteiger partial charge in [0.15, 0.2) is 0 Å². The number of furan rings is 1. The Hall–Kier alpha value is -2.76. The Balaban J connectivity index is 1.50. The first-order chi connectivity index (χ1) is 12.2. The van der Waals surface area contributed by atoms with Gasteiger partial charge in [-0.2, -0.15) is 0 Å². The van der Waals surface area contributed by atoms with E-state index in [0.717, 1.165) is 31.6 Å². The molecule has 2 heterocycles. The summed E-state index contributed by atoms with van der Waals surface area (Å²) in [6.45, 7) is 2.15. The predicted molar refractivity (Wildman–Crippen MR) is 95.2 cm³/mol. The van der Waals surface area contributed by atoms with E-state index >= 15 is 0 Å². The van der Waals surface area contributed by atoms with E-state index in [1.807, 2.05) is 29.2 Å². The highest BCUT2D eigenvalue weighted by Gasteiger charge is 2.18. The topological polar surface area (TPSA) is 74.6 Å². The Morgan fingerprint density at radius 1 is 1.08 bits per heavy atom. The second kappa shape index (κ2) is 8.37. The quantitative estimate of drug-likeness (QED) is 0.847. The van der Waals surface area contributed by atoms with Gasteiger partial charge in [0.2, 0.25) is 5.91 Å². The van der Waals surface area contributed by atoms with Gasteiger partial charge in [0, 0.05) is 24.3 Å². The number of nitrogens with one attached hydrogen (secondary N) is 2. The molecule has 3 rings (SSSR count). The average Bonchev–Trinajstić information content (AvgIpc) is 3.19. The first kappa shape index (κ1) is 17.1. The van der Waals surface area contributed by atoms with E-state index in [1.54, 1.807) is 18.4 Å². The molecule has 0 bridgehead atoms. The molecular formula is C19H23N3O3. The number of carbonyl (C=O) groups excluding carboxylic acids is 2. The maximum atomic E-state index is 12.5. The highest BCUT2D eigenvalue weighted by Crippen LogP contribution is 2.16. The second-order valence-electron chi connectivity index (χ2n) is 6.14. The summed E-state index contributed by atoms with van der Waals surface area (Å²) in [5, 5.41) is 5.83. The van der Waals surface area contributed by atoms with E-state index in [2.05, 4.69) is 10.6 Å². The zero-order valence-corrected chi connectivity index (χ0v) is 14.2. The van der Waals surface area contributed by atoms with E-state index in [9.17, 15) is 9.59 Å². The first-order valence-corrected chi connectivity index (χ1v) is 8.65. The third-order valence-electron chi connectivity index (χ3n) is 4.25. The number of amides is 2. The van der Waals surface area contributed by atoms with Gasteiger partial charge < -0.3 is 20.0 Å². The molecule has 132 valence electrons. The standard InChI is InChI=1S/C19H23N3O3/c23-18(21-13-17-8-5-11-25-17)14-20-16-7-4-6-15(12-16)19(24)22-9-2-1-3-10-22/h4-8,11-12,20H,1-3,9-10,13-14H2,(H,21,23). The number of nitrogens with zero attached hydrogens (tertiary/aromatic N) is 1. The minimum absolute atomic E-state index is 0.0608. The van der Waals surface area contributed by atoms with Crippen LogP contribution in [-0.2, 0) is 11.3 Å². The van der Waals surface area contributed by atoms with Gasteiger partial charge in [0.05, 0.1) is 19.4 Å². The summed E-state index contributed by atoms with van der Waals surface area (Å²) in [5.74, 6) is 0.636. The minimum Gasteiger partial charge on any atom is -0.467 e. The van der Waals surface area contributed by atoms with Crippen LogP contribution < -0.4 is 10.6 Å². The molecule has 1 aliphatic rings. The summed E-state index contributed by atoms with van der Waals surface area (Å²) in [6.07, 6.45) is 4.90. The summed E-state index contributed by atoms with van der Waals surface area (Å²) >= 11 is 0. The molecule has 0 atom stereocenters. The fraction of sp³-hybridized carbons (Fsp3) is 0.368. The second-order valence-corrected chi connectivity index (χ2v) is 6.14. The van der Waals surface area contributed by atoms with Crippen molar-refractivity contribution < 1.29 is 14.0 Å². The zero-order chi connectivity index (χ0) is 17.5. The third-order valence-corrected chi connectivity index (χ3v) is 4.25. The van der Waals surface area contributed by atoms with Crippen molar-refractivity contribution in [3.05, 3.63) is 54.0 Å². The average molecular weight is 341 g/mol. The van der Waals surface area contributed by atoms with Crippen molar-refractivity contribution in [1.82, 2.24) is 10.2 Å². The van der Waals surface area contributed by atoms with Gasteiger partial charge in [-0.25, -0.2) is 0 Å². The molecule has 2 aromatic rings. The van der Waals surface area contributed by atoms with Crippen molar-refractivity contribution in [1.29, 1.82) is 0 Å². The van der Waals surface area contributed by atoms with Crippen molar-refractivity contribution in [3.8, 4) is 0 Å². The number of rotatable bonds is 6. The number of benzene rings is 1. The van der Waals surface area contributed by atoms with Crippen LogP contribution in [0.4, 0.5) is 5.69 Å². The highest BCUT2D eigenvalue weighted by molar-refractivity contribution is 5.95. The molecule has 2 N–H and O–H groups in total. The number of anilines is 1. The summed E-state index contributed by atoms with van der Waals surface area (Å²) in [7, 11) is 0. The van der Waals surface area contributed by atoms with Gasteiger partial charge >= 0.3 is 0 Å². The van der Waals surface area contributed by atoms with Crippen LogP contribution in [0.1, 0.15) is 35.4 Å². The summed E-state index contributed by atoms with van der Waals surface area (Å²) < 4.78 is 5.17. The van der Waals surface area contributed by atoms with Crippen LogP contribution in [0.2, 0.25) is 0 Å². The molecule has 1 aromatic carbocycles. The van der Waals surface area contributed by atoms with Gasteiger partial charge in [-0.3, -0.25) is 9.59 Å². The molecule has 0 spiro atoms. The fourth-order valence-corrected chi connectivity index (χ4v) is 2.89. The van der Waals surface area contributed by atoms with Crippen molar-refractivity contribution in [2.45, 2.75) is 25.8 Å². The van der Waals surface area contributed by atoms with Crippen molar-refractivity contribution in [2.24, 2.45) is 0 Å². The predicted octanol–water partition coefficient (Wildman–Crippen LogP) is 2.63. The Morgan fingerprint density at radius 3 is 2.68 bits per heavy atom. The number of hydrogen-bond acceptors (Lipinski definition) is 4. The fourth-order valence-electron chi connectivity index (χ4n) is 2.89. The van der Waals surface area contributed by atoms with E-state index in [1.165, 1.54) is 6.42 Å². The monoisotopic (exact) mass is 341 g/mol. The van der Waals surface area contributed by atoms with Gasteiger partial charge in [0.1, 0.15) is 5.76 Å². The largest absolute Gasteiger partial charge is 0.467 e. The van der Waals surface area contributed by atoms with Crippen molar-refractivity contribution in [3.63, 3.8) is 0 Å². The van der Waals surface area contributed by atoms with E-state index in [0.29, 0.717) is 17.9 Å². The number of hydrogen-bond donors (Lipinski definition) is 2. The highest BCUT2D eigenvalue weighted by atomic mass is 16.3. The van der Waals surface area contributed by atoms with E-state index < -0.39 is 0 Å². The van der Waals surface area contributed by atoms with Crippen molar-refractivity contribution in [2.75, 3.05) is 25.0 Å². The van der Waals surface area contributed by atoms with Crippen LogP contribution >= 0.6 is 0 Å². The normalized spacial score (nSPS) is 14.2. The molecule has 1 aromatic heterocycles. The van der Waals surface area contributed by atoms with Crippen LogP contribution in [0.25, 0.3) is 0 Å². The number of carbonyl (C=O) groups is 2. The lowest BCUT2D eigenvalue weighted by atomic mass is 10.1. The van der Waals surface area contributed by atoms with Crippen LogP contribution in [0.15, 0.2) is 47.1 Å². The van der Waals surface area contributed by atoms with Crippen LogP contribution in [-0.4, -0.2) is 36.3 Å². The maximum Gasteiger partial charge on any atom is 0.253 e. The Bertz CT molecular complexity index is 706. The van der Waals surface area contributed by atoms with Crippen LogP contribution in [0, 0.1) is 0 Å². The molecular weight excluding hydrogens is 318 g/mol. The van der Waals surface area contributed by atoms with Crippen LogP contribution in [0.5, 0.6) is 0 Å². The van der Waals surface area contributed by atoms with Crippen LogP contribution in [0.3, 0.4) is 0 Å². The molecule has 2 amide bonds. The molecule has 0 saturated carbocycles. The first-order valence-electron chi connectivity index (χ1n) is 8.65. The Morgan fingerprint density at radius 2 is 1.92 bits per heavy atom. The number of piperidine rings is 1. The van der Waals surface area contributed by atoms with Crippen molar-refractivity contribution >= 4 is 17.5 Å². The molecule has 6 nitrogen and oxygen atoms in total. The minimum atomic E-state index is -0.135. The lowest BCUT2D eigenvalue weighted by molar-refractivity contribution is -0.119. The summed E-state index contributed by atoms with van der Waals surface area (Å²) in [5.41, 5.74) is 1.42. The molecule has 1 fully saturated rings. The van der Waals surface area contributed by atoms with Gasteiger partial charge in [0.25, 0.3) is 5.91 Å². The third kappa shape index (κ3) is 4.86. The zero-order valence-electron chi connectivity index (χ0n) is 14.2. The maximum absolute atomic E-state index is 12.5. The summed E-state index contributed by atoms with van der Waals surface area (Å²) in [4.78, 5) is 26.3. The number of likely N-dealkylation sites (tertiary alicyclic amines) is 1. The van der Waals surface area contributed by atoms with E-state index in [4.69, 9.17) is 4.42 Å². The molecule has 1 aliphatic heterocycles. The SMILES string of the molecule is O=C(CNc1cccc(C(=O)N2CCCCC2)c1)NCc1ccco1. The van der Waals surface area contributed by atoms with Gasteiger partial charge in [-0.05, 0) is 49.6 Å². The smallest absolute Gasteiger partial charge is 0.253 e. The lowest BCUT2D eigenvalue weighted by Crippen LogP contribution is -2.35. The van der Waals surface area contributed by atoms with E-state index in [-0.39, 0.29) is 18.4 Å². The molecule has 0 aliphatic carbocycles. The molecule has 1 saturated heterocycles. The molecule has 0 unspecified atom stereocenters. The Labute approximate surface area is 147 Å². The molecule has 6 heteroatoms. The van der Waals surface area contributed by atoms with Gasteiger partial charge in [-0.15, -0.1) is 0 Å². The Kier molecular flexibility index (Phi) is 5.72.